The third-order valence-corrected chi connectivity index (χ3v) is 5.07. The van der Waals surface area contributed by atoms with Crippen molar-refractivity contribution in [2.45, 2.75) is 31.7 Å². The van der Waals surface area contributed by atoms with Crippen molar-refractivity contribution in [3.8, 4) is 34.3 Å². The van der Waals surface area contributed by atoms with Crippen LogP contribution in [0.3, 0.4) is 0 Å². The van der Waals surface area contributed by atoms with Crippen molar-refractivity contribution >= 4 is 5.91 Å². The van der Waals surface area contributed by atoms with Crippen LogP contribution < -0.4 is 5.32 Å². The van der Waals surface area contributed by atoms with Gasteiger partial charge in [0, 0.05) is 17.7 Å². The van der Waals surface area contributed by atoms with Crippen LogP contribution in [0.2, 0.25) is 0 Å². The molecule has 0 aliphatic carbocycles. The number of aromatic nitrogens is 3. The molecule has 3 N–H and O–H groups in total. The Kier molecular flexibility index (Phi) is 6.65. The standard InChI is InChI=1S/C24H21F3N4O5/c1-23(2,34)12-28-21(33)18(32)13-8-10-15(11-9-13)20-29-22(36-31-20)17-16(24(25,26)27)19(35-30-17)14-6-4-3-5-7-14/h3-11,18,32,34H,12H2,1-2H3,(H,28,33)/t18-/m1/s1. The Morgan fingerprint density at radius 3 is 2.28 bits per heavy atom. The number of nitrogens with one attached hydrogen (secondary N) is 1. The summed E-state index contributed by atoms with van der Waals surface area (Å²) in [6.45, 7) is 2.96. The summed E-state index contributed by atoms with van der Waals surface area (Å²) in [5.74, 6) is -1.70. The van der Waals surface area contributed by atoms with Crippen LogP contribution in [0.4, 0.5) is 13.2 Å². The van der Waals surface area contributed by atoms with E-state index in [1.54, 1.807) is 18.2 Å². The summed E-state index contributed by atoms with van der Waals surface area (Å²) in [5.41, 5.74) is -2.14. The molecule has 12 heteroatoms. The Labute approximate surface area is 202 Å². The monoisotopic (exact) mass is 502 g/mol. The molecule has 188 valence electrons. The van der Waals surface area contributed by atoms with E-state index >= 15 is 0 Å². The van der Waals surface area contributed by atoms with Gasteiger partial charge in [0.15, 0.2) is 17.6 Å². The molecule has 2 aromatic carbocycles. The Morgan fingerprint density at radius 2 is 1.67 bits per heavy atom. The number of benzene rings is 2. The average Bonchev–Trinajstić information content (AvgIpc) is 3.50. The number of halogens is 3. The summed E-state index contributed by atoms with van der Waals surface area (Å²) in [7, 11) is 0. The molecular formula is C24H21F3N4O5. The third kappa shape index (κ3) is 5.44. The molecule has 0 saturated carbocycles. The fraction of sp³-hybridized carbons (Fsp3) is 0.250. The van der Waals surface area contributed by atoms with Crippen LogP contribution in [0.15, 0.2) is 63.6 Å². The number of amides is 1. The zero-order valence-corrected chi connectivity index (χ0v) is 19.1. The Balaban J connectivity index is 1.58. The van der Waals surface area contributed by atoms with Gasteiger partial charge in [-0.05, 0) is 19.4 Å². The predicted molar refractivity (Wildman–Crippen MR) is 120 cm³/mol. The number of nitrogens with zero attached hydrogens (tertiary/aromatic N) is 3. The summed E-state index contributed by atoms with van der Waals surface area (Å²) in [6, 6.07) is 13.5. The topological polar surface area (TPSA) is 135 Å². The highest BCUT2D eigenvalue weighted by molar-refractivity contribution is 5.82. The SMILES string of the molecule is CC(C)(O)CNC(=O)[C@H](O)c1ccc(-c2noc(-c3noc(-c4ccccc4)c3C(F)(F)F)n2)cc1. The molecule has 4 rings (SSSR count). The number of hydrogen-bond donors (Lipinski definition) is 3. The van der Waals surface area contributed by atoms with Gasteiger partial charge in [-0.3, -0.25) is 4.79 Å². The number of aliphatic hydroxyl groups excluding tert-OH is 1. The van der Waals surface area contributed by atoms with E-state index in [4.69, 9.17) is 9.05 Å². The first-order valence-corrected chi connectivity index (χ1v) is 10.7. The van der Waals surface area contributed by atoms with E-state index < -0.39 is 46.7 Å². The fourth-order valence-corrected chi connectivity index (χ4v) is 3.29. The van der Waals surface area contributed by atoms with Crippen molar-refractivity contribution in [1.82, 2.24) is 20.6 Å². The van der Waals surface area contributed by atoms with Crippen molar-refractivity contribution in [2.75, 3.05) is 6.54 Å². The van der Waals surface area contributed by atoms with Crippen molar-refractivity contribution < 1.29 is 37.2 Å². The van der Waals surface area contributed by atoms with Crippen LogP contribution in [0.5, 0.6) is 0 Å². The summed E-state index contributed by atoms with van der Waals surface area (Å²) >= 11 is 0. The number of carbonyl (C=O) groups is 1. The highest BCUT2D eigenvalue weighted by atomic mass is 19.4. The van der Waals surface area contributed by atoms with E-state index in [1.165, 1.54) is 50.2 Å². The summed E-state index contributed by atoms with van der Waals surface area (Å²) < 4.78 is 51.7. The highest BCUT2D eigenvalue weighted by Crippen LogP contribution is 2.43. The lowest BCUT2D eigenvalue weighted by Gasteiger charge is -2.19. The molecule has 0 bridgehead atoms. The quantitative estimate of drug-likeness (QED) is 0.345. The summed E-state index contributed by atoms with van der Waals surface area (Å²) in [4.78, 5) is 16.1. The van der Waals surface area contributed by atoms with Gasteiger partial charge in [-0.1, -0.05) is 64.9 Å². The molecule has 0 unspecified atom stereocenters. The van der Waals surface area contributed by atoms with Crippen LogP contribution in [-0.4, -0.2) is 43.6 Å². The number of alkyl halides is 3. The van der Waals surface area contributed by atoms with E-state index in [2.05, 4.69) is 20.6 Å². The van der Waals surface area contributed by atoms with Crippen LogP contribution in [0.1, 0.15) is 31.1 Å². The van der Waals surface area contributed by atoms with Gasteiger partial charge in [0.1, 0.15) is 5.56 Å². The van der Waals surface area contributed by atoms with Crippen LogP contribution >= 0.6 is 0 Å². The summed E-state index contributed by atoms with van der Waals surface area (Å²) in [5, 5.41) is 29.6. The van der Waals surface area contributed by atoms with Crippen LogP contribution in [0.25, 0.3) is 34.3 Å². The number of aliphatic hydroxyl groups is 2. The molecule has 9 nitrogen and oxygen atoms in total. The van der Waals surface area contributed by atoms with E-state index in [-0.39, 0.29) is 23.5 Å². The minimum Gasteiger partial charge on any atom is -0.389 e. The molecule has 36 heavy (non-hydrogen) atoms. The Hall–Kier alpha value is -4.03. The van der Waals surface area contributed by atoms with Gasteiger partial charge < -0.3 is 24.6 Å². The second kappa shape index (κ2) is 9.55. The highest BCUT2D eigenvalue weighted by Gasteiger charge is 2.42. The number of carbonyl (C=O) groups excluding carboxylic acids is 1. The Morgan fingerprint density at radius 1 is 1.00 bits per heavy atom. The van der Waals surface area contributed by atoms with Crippen LogP contribution in [-0.2, 0) is 11.0 Å². The van der Waals surface area contributed by atoms with Crippen molar-refractivity contribution in [2.24, 2.45) is 0 Å². The lowest BCUT2D eigenvalue weighted by Crippen LogP contribution is -2.40. The zero-order chi connectivity index (χ0) is 26.1. The first kappa shape index (κ1) is 25.1. The van der Waals surface area contributed by atoms with Gasteiger partial charge >= 0.3 is 6.18 Å². The molecule has 0 aliphatic heterocycles. The van der Waals surface area contributed by atoms with Gasteiger partial charge in [-0.25, -0.2) is 0 Å². The zero-order valence-electron chi connectivity index (χ0n) is 19.1. The van der Waals surface area contributed by atoms with E-state index in [0.717, 1.165) is 0 Å². The fourth-order valence-electron chi connectivity index (χ4n) is 3.29. The molecule has 0 spiro atoms. The van der Waals surface area contributed by atoms with E-state index in [0.29, 0.717) is 5.56 Å². The van der Waals surface area contributed by atoms with Gasteiger partial charge in [0.2, 0.25) is 5.82 Å². The summed E-state index contributed by atoms with van der Waals surface area (Å²) in [6.07, 6.45) is -6.30. The van der Waals surface area contributed by atoms with Crippen molar-refractivity contribution in [1.29, 1.82) is 0 Å². The molecule has 1 amide bonds. The second-order valence-electron chi connectivity index (χ2n) is 8.58. The maximum absolute atomic E-state index is 13.9. The first-order chi connectivity index (χ1) is 16.9. The molecule has 0 fully saturated rings. The molecule has 2 heterocycles. The minimum atomic E-state index is -4.81. The predicted octanol–water partition coefficient (Wildman–Crippen LogP) is 4.00. The maximum Gasteiger partial charge on any atom is 0.422 e. The van der Waals surface area contributed by atoms with E-state index in [9.17, 15) is 28.2 Å². The molecular weight excluding hydrogens is 481 g/mol. The minimum absolute atomic E-state index is 0.0325. The van der Waals surface area contributed by atoms with E-state index in [1.807, 2.05) is 0 Å². The van der Waals surface area contributed by atoms with Gasteiger partial charge in [0.25, 0.3) is 11.8 Å². The second-order valence-corrected chi connectivity index (χ2v) is 8.58. The lowest BCUT2D eigenvalue weighted by molar-refractivity contribution is -0.137. The number of rotatable bonds is 7. The molecule has 1 atom stereocenters. The molecule has 2 aromatic heterocycles. The van der Waals surface area contributed by atoms with Gasteiger partial charge in [0.05, 0.1) is 5.60 Å². The average molecular weight is 502 g/mol. The molecule has 0 saturated heterocycles. The van der Waals surface area contributed by atoms with Crippen molar-refractivity contribution in [3.63, 3.8) is 0 Å². The van der Waals surface area contributed by atoms with Gasteiger partial charge in [-0.15, -0.1) is 0 Å². The molecule has 0 radical (unpaired) electrons. The molecule has 4 aromatic rings. The normalized spacial score (nSPS) is 13.0. The lowest BCUT2D eigenvalue weighted by atomic mass is 10.1. The Bertz CT molecular complexity index is 1340. The third-order valence-electron chi connectivity index (χ3n) is 5.07. The smallest absolute Gasteiger partial charge is 0.389 e. The molecule has 0 aliphatic rings. The largest absolute Gasteiger partial charge is 0.422 e. The number of hydrogen-bond acceptors (Lipinski definition) is 8. The van der Waals surface area contributed by atoms with Gasteiger partial charge in [-0.2, -0.15) is 18.2 Å². The maximum atomic E-state index is 13.9. The first-order valence-electron chi connectivity index (χ1n) is 10.7. The van der Waals surface area contributed by atoms with Crippen LogP contribution in [0, 0.1) is 0 Å². The van der Waals surface area contributed by atoms with Crippen molar-refractivity contribution in [3.05, 3.63) is 65.7 Å².